The molecule has 2 heterocycles. The number of hydrogen-bond donors (Lipinski definition) is 0. The van der Waals surface area contributed by atoms with Crippen LogP contribution in [0.3, 0.4) is 0 Å². The second-order valence-electron chi connectivity index (χ2n) is 14.2. The lowest BCUT2D eigenvalue weighted by Crippen LogP contribution is -2.09. The molecule has 11 rings (SSSR count). The third-order valence-corrected chi connectivity index (χ3v) is 12.9. The second-order valence-corrected chi connectivity index (χ2v) is 16.2. The van der Waals surface area contributed by atoms with Crippen molar-refractivity contribution < 1.29 is 0 Å². The summed E-state index contributed by atoms with van der Waals surface area (Å²) in [5.74, 6) is 0. The van der Waals surface area contributed by atoms with E-state index in [0.717, 1.165) is 98.2 Å². The number of nitriles is 1. The van der Waals surface area contributed by atoms with Gasteiger partial charge in [0.15, 0.2) is 0 Å². The van der Waals surface area contributed by atoms with Crippen LogP contribution in [0, 0.1) is 11.3 Å². The monoisotopic (exact) mass is 762 g/mol. The van der Waals surface area contributed by atoms with Crippen LogP contribution >= 0.6 is 22.7 Å². The van der Waals surface area contributed by atoms with Gasteiger partial charge in [0.1, 0.15) is 16.1 Å². The smallest absolute Gasteiger partial charge is 0.124 e. The third kappa shape index (κ3) is 5.89. The molecule has 4 nitrogen and oxygen atoms in total. The van der Waals surface area contributed by atoms with Crippen molar-refractivity contribution >= 4 is 92.5 Å². The summed E-state index contributed by atoms with van der Waals surface area (Å²) in [5, 5.41) is 18.5. The van der Waals surface area contributed by atoms with Gasteiger partial charge in [-0.2, -0.15) is 5.26 Å². The molecule has 9 aromatic carbocycles. The lowest BCUT2D eigenvalue weighted by molar-refractivity contribution is 1.29. The van der Waals surface area contributed by atoms with Crippen LogP contribution in [-0.4, -0.2) is 9.97 Å². The minimum atomic E-state index is 0.725. The molecule has 0 N–H and O–H groups in total. The number of hydrogen-bond acceptors (Lipinski definition) is 6. The molecule has 0 aliphatic rings. The van der Waals surface area contributed by atoms with Gasteiger partial charge in [0.25, 0.3) is 0 Å². The molecule has 0 bridgehead atoms. The van der Waals surface area contributed by atoms with E-state index in [1.807, 2.05) is 30.3 Å². The minimum absolute atomic E-state index is 0.725. The Bertz CT molecular complexity index is 3190. The zero-order chi connectivity index (χ0) is 37.9. The number of anilines is 3. The lowest BCUT2D eigenvalue weighted by atomic mass is 9.94. The molecule has 0 atom stereocenters. The van der Waals surface area contributed by atoms with Gasteiger partial charge in [-0.15, -0.1) is 22.7 Å². The second kappa shape index (κ2) is 13.5. The number of aromatic nitrogens is 2. The molecule has 0 fully saturated rings. The maximum absolute atomic E-state index is 10.1. The van der Waals surface area contributed by atoms with E-state index < -0.39 is 0 Å². The van der Waals surface area contributed by atoms with Crippen LogP contribution in [0.4, 0.5) is 17.1 Å². The molecule has 11 aromatic rings. The van der Waals surface area contributed by atoms with Crippen LogP contribution in [0.1, 0.15) is 5.56 Å². The molecule has 0 amide bonds. The van der Waals surface area contributed by atoms with E-state index in [9.17, 15) is 5.26 Å². The zero-order valence-electron chi connectivity index (χ0n) is 30.4. The molecule has 0 aliphatic carbocycles. The Kier molecular flexibility index (Phi) is 7.88. The summed E-state index contributed by atoms with van der Waals surface area (Å²) in [7, 11) is 0. The topological polar surface area (TPSA) is 52.8 Å². The van der Waals surface area contributed by atoms with Crippen LogP contribution in [0.5, 0.6) is 0 Å². The van der Waals surface area contributed by atoms with Crippen molar-refractivity contribution in [3.05, 3.63) is 188 Å². The Labute approximate surface area is 336 Å². The normalized spacial score (nSPS) is 11.5. The SMILES string of the molecule is N#Cc1c2ccccc2cc2cc(-c3ccc4cc(N(c5ccc(-c6nc7ccccc7s6)cc5)c5ccc(-c6nc7ccccc7s6)cc5)ccc4c3)ccc12. The quantitative estimate of drug-likeness (QED) is 0.158. The van der Waals surface area contributed by atoms with Gasteiger partial charge < -0.3 is 4.90 Å². The summed E-state index contributed by atoms with van der Waals surface area (Å²) in [6.45, 7) is 0. The minimum Gasteiger partial charge on any atom is -0.310 e. The van der Waals surface area contributed by atoms with E-state index in [1.54, 1.807) is 22.7 Å². The van der Waals surface area contributed by atoms with Gasteiger partial charge in [0.2, 0.25) is 0 Å². The van der Waals surface area contributed by atoms with Crippen LogP contribution < -0.4 is 4.90 Å². The molecular formula is C51H30N4S2. The molecule has 2 aromatic heterocycles. The van der Waals surface area contributed by atoms with E-state index in [4.69, 9.17) is 9.97 Å². The molecule has 0 spiro atoms. The number of nitrogens with zero attached hydrogens (tertiary/aromatic N) is 4. The first-order valence-corrected chi connectivity index (χ1v) is 20.4. The molecule has 0 saturated carbocycles. The highest BCUT2D eigenvalue weighted by Crippen LogP contribution is 2.40. The average Bonchev–Trinajstić information content (AvgIpc) is 3.91. The summed E-state index contributed by atoms with van der Waals surface area (Å²) >= 11 is 3.44. The van der Waals surface area contributed by atoms with Crippen LogP contribution in [-0.2, 0) is 0 Å². The van der Waals surface area contributed by atoms with Gasteiger partial charge in [-0.3, -0.25) is 0 Å². The highest BCUT2D eigenvalue weighted by Gasteiger charge is 2.16. The third-order valence-electron chi connectivity index (χ3n) is 10.7. The van der Waals surface area contributed by atoms with E-state index in [1.165, 1.54) is 9.40 Å². The van der Waals surface area contributed by atoms with Crippen molar-refractivity contribution in [3.63, 3.8) is 0 Å². The molecule has 0 unspecified atom stereocenters. The van der Waals surface area contributed by atoms with E-state index in [-0.39, 0.29) is 0 Å². The fourth-order valence-corrected chi connectivity index (χ4v) is 9.81. The molecule has 6 heteroatoms. The number of thiazole rings is 2. The van der Waals surface area contributed by atoms with Gasteiger partial charge in [-0.25, -0.2) is 9.97 Å². The standard InChI is InChI=1S/C51H30N4S2/c52-31-45-43-8-2-1-7-38(43)29-39-28-36(20-26-44(39)45)34-13-14-37-30-42(25-19-35(37)27-34)55(40-21-15-32(16-22-40)50-53-46-9-3-5-11-48(46)56-50)41-23-17-33(18-24-41)51-54-47-10-4-6-12-49(47)57-51/h1-30H. The summed E-state index contributed by atoms with van der Waals surface area (Å²) in [4.78, 5) is 12.1. The first kappa shape index (κ1) is 33.2. The summed E-state index contributed by atoms with van der Waals surface area (Å²) in [6.07, 6.45) is 0. The van der Waals surface area contributed by atoms with E-state index in [0.29, 0.717) is 0 Å². The molecule has 0 saturated heterocycles. The summed E-state index contributed by atoms with van der Waals surface area (Å²) in [5.41, 5.74) is 10.4. The van der Waals surface area contributed by atoms with Crippen LogP contribution in [0.2, 0.25) is 0 Å². The molecule has 57 heavy (non-hydrogen) atoms. The number of para-hydroxylation sites is 2. The molecular weight excluding hydrogens is 733 g/mol. The Morgan fingerprint density at radius 3 is 1.53 bits per heavy atom. The van der Waals surface area contributed by atoms with Crippen molar-refractivity contribution in [1.29, 1.82) is 5.26 Å². The Morgan fingerprint density at radius 1 is 0.404 bits per heavy atom. The lowest BCUT2D eigenvalue weighted by Gasteiger charge is -2.26. The first-order chi connectivity index (χ1) is 28.1. The predicted octanol–water partition coefficient (Wildman–Crippen LogP) is 14.7. The number of fused-ring (bicyclic) bond motifs is 5. The Balaban J connectivity index is 0.972. The maximum Gasteiger partial charge on any atom is 0.124 e. The van der Waals surface area contributed by atoms with Gasteiger partial charge >= 0.3 is 0 Å². The largest absolute Gasteiger partial charge is 0.310 e. The van der Waals surface area contributed by atoms with Crippen molar-refractivity contribution in [2.45, 2.75) is 0 Å². The highest BCUT2D eigenvalue weighted by molar-refractivity contribution is 7.22. The summed E-state index contributed by atoms with van der Waals surface area (Å²) in [6, 6.07) is 66.6. The van der Waals surface area contributed by atoms with Gasteiger partial charge in [-0.05, 0) is 136 Å². The fraction of sp³-hybridized carbons (Fsp3) is 0. The van der Waals surface area contributed by atoms with Crippen molar-refractivity contribution in [2.75, 3.05) is 4.90 Å². The Morgan fingerprint density at radius 2 is 0.895 bits per heavy atom. The van der Waals surface area contributed by atoms with Gasteiger partial charge in [0, 0.05) is 39.0 Å². The highest BCUT2D eigenvalue weighted by atomic mass is 32.1. The summed E-state index contributed by atoms with van der Waals surface area (Å²) < 4.78 is 2.38. The fourth-order valence-electron chi connectivity index (χ4n) is 7.87. The predicted molar refractivity (Wildman–Crippen MR) is 241 cm³/mol. The van der Waals surface area contributed by atoms with Crippen molar-refractivity contribution in [2.24, 2.45) is 0 Å². The van der Waals surface area contributed by atoms with Crippen molar-refractivity contribution in [3.8, 4) is 38.3 Å². The van der Waals surface area contributed by atoms with Crippen molar-refractivity contribution in [1.82, 2.24) is 9.97 Å². The van der Waals surface area contributed by atoms with Gasteiger partial charge in [-0.1, -0.05) is 78.9 Å². The molecule has 0 radical (unpaired) electrons. The first-order valence-electron chi connectivity index (χ1n) is 18.8. The van der Waals surface area contributed by atoms with E-state index in [2.05, 4.69) is 163 Å². The van der Waals surface area contributed by atoms with Crippen LogP contribution in [0.15, 0.2) is 182 Å². The maximum atomic E-state index is 10.1. The average molecular weight is 763 g/mol. The Hall–Kier alpha value is -7.17. The molecule has 0 aliphatic heterocycles. The zero-order valence-corrected chi connectivity index (χ0v) is 32.1. The van der Waals surface area contributed by atoms with Gasteiger partial charge in [0.05, 0.1) is 26.0 Å². The molecule has 266 valence electrons. The number of rotatable bonds is 6. The number of benzene rings is 9. The van der Waals surface area contributed by atoms with E-state index >= 15 is 0 Å². The van der Waals surface area contributed by atoms with Crippen LogP contribution in [0.25, 0.3) is 85.0 Å².